The molecule has 0 aliphatic carbocycles. The van der Waals surface area contributed by atoms with Gasteiger partial charge in [-0.1, -0.05) is 42.3 Å². The molecule has 0 aromatic heterocycles. The highest BCUT2D eigenvalue weighted by molar-refractivity contribution is 6.30. The van der Waals surface area contributed by atoms with Crippen LogP contribution in [0.1, 0.15) is 22.8 Å². The molecule has 132 valence electrons. The number of hydrogen-bond donors (Lipinski definition) is 0. The van der Waals surface area contributed by atoms with Gasteiger partial charge in [-0.25, -0.2) is 0 Å². The summed E-state index contributed by atoms with van der Waals surface area (Å²) in [5.74, 6) is -0.971. The molecule has 25 heavy (non-hydrogen) atoms. The third-order valence-electron chi connectivity index (χ3n) is 3.76. The van der Waals surface area contributed by atoms with E-state index in [1.165, 1.54) is 7.11 Å². The van der Waals surface area contributed by atoms with Gasteiger partial charge in [-0.15, -0.1) is 0 Å². The van der Waals surface area contributed by atoms with Crippen LogP contribution in [0.5, 0.6) is 0 Å². The molecule has 0 bridgehead atoms. The van der Waals surface area contributed by atoms with E-state index in [2.05, 4.69) is 0 Å². The van der Waals surface area contributed by atoms with Gasteiger partial charge >= 0.3 is 5.97 Å². The van der Waals surface area contributed by atoms with Crippen LogP contribution >= 0.6 is 23.2 Å². The van der Waals surface area contributed by atoms with Crippen LogP contribution in [-0.4, -0.2) is 30.4 Å². The maximum absolute atomic E-state index is 12.9. The first kappa shape index (κ1) is 19.3. The number of benzene rings is 2. The second-order valence-corrected chi connectivity index (χ2v) is 6.62. The standard InChI is InChI=1S/C19H19Cl2NO3/c1-13(19(24)25-2)11-22(12-14-3-7-16(20)8-4-14)18(23)15-5-9-17(21)10-6-15/h3-10,13H,11-12H2,1-2H3. The van der Waals surface area contributed by atoms with Crippen molar-refractivity contribution in [3.63, 3.8) is 0 Å². The number of carbonyl (C=O) groups is 2. The van der Waals surface area contributed by atoms with E-state index >= 15 is 0 Å². The molecular formula is C19H19Cl2NO3. The Morgan fingerprint density at radius 3 is 2.04 bits per heavy atom. The molecule has 0 spiro atoms. The van der Waals surface area contributed by atoms with Crippen LogP contribution < -0.4 is 0 Å². The van der Waals surface area contributed by atoms with Crippen LogP contribution in [0.25, 0.3) is 0 Å². The van der Waals surface area contributed by atoms with Gasteiger partial charge in [0.05, 0.1) is 13.0 Å². The van der Waals surface area contributed by atoms with Gasteiger partial charge in [0.1, 0.15) is 0 Å². The fourth-order valence-corrected chi connectivity index (χ4v) is 2.66. The van der Waals surface area contributed by atoms with Crippen molar-refractivity contribution in [1.82, 2.24) is 4.90 Å². The van der Waals surface area contributed by atoms with Crippen molar-refractivity contribution in [2.24, 2.45) is 5.92 Å². The lowest BCUT2D eigenvalue weighted by atomic mass is 10.1. The Morgan fingerprint density at radius 1 is 1.00 bits per heavy atom. The van der Waals surface area contributed by atoms with Crippen LogP contribution in [0, 0.1) is 5.92 Å². The van der Waals surface area contributed by atoms with Gasteiger partial charge in [-0.3, -0.25) is 9.59 Å². The zero-order chi connectivity index (χ0) is 18.4. The number of rotatable bonds is 6. The molecule has 0 aliphatic heterocycles. The van der Waals surface area contributed by atoms with Crippen molar-refractivity contribution in [3.8, 4) is 0 Å². The maximum Gasteiger partial charge on any atom is 0.310 e. The predicted octanol–water partition coefficient (Wildman–Crippen LogP) is 4.44. The highest BCUT2D eigenvalue weighted by Gasteiger charge is 2.22. The Kier molecular flexibility index (Phi) is 6.85. The summed E-state index contributed by atoms with van der Waals surface area (Å²) < 4.78 is 4.77. The van der Waals surface area contributed by atoms with E-state index in [-0.39, 0.29) is 18.4 Å². The molecule has 1 amide bonds. The zero-order valence-electron chi connectivity index (χ0n) is 14.0. The molecular weight excluding hydrogens is 361 g/mol. The molecule has 2 aromatic carbocycles. The fraction of sp³-hybridized carbons (Fsp3) is 0.263. The van der Waals surface area contributed by atoms with Gasteiger partial charge in [0.25, 0.3) is 5.91 Å². The molecule has 4 nitrogen and oxygen atoms in total. The molecule has 2 aromatic rings. The van der Waals surface area contributed by atoms with E-state index in [0.717, 1.165) is 5.56 Å². The largest absolute Gasteiger partial charge is 0.469 e. The number of methoxy groups -OCH3 is 1. The van der Waals surface area contributed by atoms with Crippen molar-refractivity contribution < 1.29 is 14.3 Å². The van der Waals surface area contributed by atoms with Crippen molar-refractivity contribution in [2.45, 2.75) is 13.5 Å². The minimum Gasteiger partial charge on any atom is -0.469 e. The molecule has 0 aliphatic rings. The normalized spacial score (nSPS) is 11.7. The molecule has 0 fully saturated rings. The Balaban J connectivity index is 2.23. The lowest BCUT2D eigenvalue weighted by Crippen LogP contribution is -2.36. The molecule has 0 N–H and O–H groups in total. The number of halogens is 2. The van der Waals surface area contributed by atoms with E-state index in [9.17, 15) is 9.59 Å². The van der Waals surface area contributed by atoms with E-state index in [4.69, 9.17) is 27.9 Å². The third kappa shape index (κ3) is 5.48. The minimum absolute atomic E-state index is 0.178. The smallest absolute Gasteiger partial charge is 0.310 e. The number of hydrogen-bond acceptors (Lipinski definition) is 3. The van der Waals surface area contributed by atoms with Crippen molar-refractivity contribution >= 4 is 35.1 Å². The summed E-state index contributed by atoms with van der Waals surface area (Å²) in [6.07, 6.45) is 0. The van der Waals surface area contributed by atoms with Gasteiger partial charge < -0.3 is 9.64 Å². The van der Waals surface area contributed by atoms with E-state index in [1.54, 1.807) is 48.2 Å². The second-order valence-electron chi connectivity index (χ2n) is 5.74. The monoisotopic (exact) mass is 379 g/mol. The summed E-state index contributed by atoms with van der Waals surface area (Å²) in [6.45, 7) is 2.34. The molecule has 0 heterocycles. The number of ether oxygens (including phenoxy) is 1. The van der Waals surface area contributed by atoms with Crippen LogP contribution in [-0.2, 0) is 16.1 Å². The van der Waals surface area contributed by atoms with Crippen LogP contribution in [0.3, 0.4) is 0 Å². The predicted molar refractivity (Wildman–Crippen MR) is 98.8 cm³/mol. The molecule has 2 rings (SSSR count). The minimum atomic E-state index is -0.437. The topological polar surface area (TPSA) is 46.6 Å². The third-order valence-corrected chi connectivity index (χ3v) is 4.27. The number of amides is 1. The highest BCUT2D eigenvalue weighted by Crippen LogP contribution is 2.17. The van der Waals surface area contributed by atoms with Crippen molar-refractivity contribution in [3.05, 3.63) is 69.7 Å². The molecule has 6 heteroatoms. The van der Waals surface area contributed by atoms with Gasteiger partial charge in [0.2, 0.25) is 0 Å². The quantitative estimate of drug-likeness (QED) is 0.696. The summed E-state index contributed by atoms with van der Waals surface area (Å²) in [5.41, 5.74) is 1.43. The maximum atomic E-state index is 12.9. The average Bonchev–Trinajstić information content (AvgIpc) is 2.62. The van der Waals surface area contributed by atoms with Gasteiger partial charge in [0.15, 0.2) is 0 Å². The first-order valence-corrected chi connectivity index (χ1v) is 8.53. The Bertz CT molecular complexity index is 729. The van der Waals surface area contributed by atoms with Crippen LogP contribution in [0.15, 0.2) is 48.5 Å². The summed E-state index contributed by atoms with van der Waals surface area (Å²) in [6, 6.07) is 13.9. The number of carbonyl (C=O) groups excluding carboxylic acids is 2. The fourth-order valence-electron chi connectivity index (χ4n) is 2.41. The van der Waals surface area contributed by atoms with E-state index < -0.39 is 5.92 Å². The van der Waals surface area contributed by atoms with E-state index in [1.807, 2.05) is 12.1 Å². The summed E-state index contributed by atoms with van der Waals surface area (Å²) in [5, 5.41) is 1.19. The average molecular weight is 380 g/mol. The lowest BCUT2D eigenvalue weighted by Gasteiger charge is -2.25. The Hall–Kier alpha value is -2.04. The van der Waals surface area contributed by atoms with Crippen molar-refractivity contribution in [2.75, 3.05) is 13.7 Å². The van der Waals surface area contributed by atoms with Gasteiger partial charge in [-0.05, 0) is 42.0 Å². The molecule has 1 unspecified atom stereocenters. The first-order chi connectivity index (χ1) is 11.9. The van der Waals surface area contributed by atoms with E-state index in [0.29, 0.717) is 22.2 Å². The Labute approximate surface area is 157 Å². The lowest BCUT2D eigenvalue weighted by molar-refractivity contribution is -0.145. The molecule has 0 saturated heterocycles. The number of esters is 1. The SMILES string of the molecule is COC(=O)C(C)CN(Cc1ccc(Cl)cc1)C(=O)c1ccc(Cl)cc1. The molecule has 0 radical (unpaired) electrons. The summed E-state index contributed by atoms with van der Waals surface area (Å²) >= 11 is 11.8. The molecule has 0 saturated carbocycles. The number of nitrogens with zero attached hydrogens (tertiary/aromatic N) is 1. The molecule has 1 atom stereocenters. The van der Waals surface area contributed by atoms with Crippen LogP contribution in [0.2, 0.25) is 10.0 Å². The van der Waals surface area contributed by atoms with Crippen LogP contribution in [0.4, 0.5) is 0 Å². The zero-order valence-corrected chi connectivity index (χ0v) is 15.6. The summed E-state index contributed by atoms with van der Waals surface area (Å²) in [7, 11) is 1.34. The summed E-state index contributed by atoms with van der Waals surface area (Å²) in [4.78, 5) is 26.3. The second kappa shape index (κ2) is 8.88. The first-order valence-electron chi connectivity index (χ1n) is 7.78. The highest BCUT2D eigenvalue weighted by atomic mass is 35.5. The van der Waals surface area contributed by atoms with Gasteiger partial charge in [0, 0.05) is 28.7 Å². The van der Waals surface area contributed by atoms with Gasteiger partial charge in [-0.2, -0.15) is 0 Å². The Morgan fingerprint density at radius 2 is 1.52 bits per heavy atom. The van der Waals surface area contributed by atoms with Crippen molar-refractivity contribution in [1.29, 1.82) is 0 Å².